The highest BCUT2D eigenvalue weighted by molar-refractivity contribution is 5.96. The van der Waals surface area contributed by atoms with Crippen LogP contribution in [0.25, 0.3) is 22.2 Å². The van der Waals surface area contributed by atoms with Crippen LogP contribution in [0.1, 0.15) is 31.2 Å². The van der Waals surface area contributed by atoms with E-state index in [0.29, 0.717) is 6.42 Å². The molecule has 0 atom stereocenters. The molecule has 5 rings (SSSR count). The molecule has 0 aliphatic carbocycles. The first-order valence-corrected chi connectivity index (χ1v) is 11.7. The first kappa shape index (κ1) is 21.2. The Morgan fingerprint density at radius 1 is 0.939 bits per heavy atom. The molecule has 2 aromatic heterocycles. The number of rotatable bonds is 5. The maximum absolute atomic E-state index is 12.8. The SMILES string of the molecule is Cn1cc(CC(=O)Nc2cccc(-c3ccc(N4CCCCCC4)nn3)c2)c2ccccc21. The van der Waals surface area contributed by atoms with Crippen LogP contribution >= 0.6 is 0 Å². The second-order valence-corrected chi connectivity index (χ2v) is 8.77. The van der Waals surface area contributed by atoms with E-state index in [1.54, 1.807) is 0 Å². The summed E-state index contributed by atoms with van der Waals surface area (Å²) in [6.07, 6.45) is 7.37. The number of carbonyl (C=O) groups excluding carboxylic acids is 1. The van der Waals surface area contributed by atoms with Crippen LogP contribution in [-0.2, 0) is 18.3 Å². The van der Waals surface area contributed by atoms with Gasteiger partial charge in [0.15, 0.2) is 5.82 Å². The molecule has 1 fully saturated rings. The summed E-state index contributed by atoms with van der Waals surface area (Å²) in [6.45, 7) is 2.10. The van der Waals surface area contributed by atoms with E-state index < -0.39 is 0 Å². The van der Waals surface area contributed by atoms with Crippen molar-refractivity contribution in [3.8, 4) is 11.3 Å². The number of carbonyl (C=O) groups is 1. The summed E-state index contributed by atoms with van der Waals surface area (Å²) < 4.78 is 2.06. The van der Waals surface area contributed by atoms with Crippen LogP contribution in [0.3, 0.4) is 0 Å². The Bertz CT molecular complexity index is 1250. The Morgan fingerprint density at radius 3 is 2.55 bits per heavy atom. The van der Waals surface area contributed by atoms with Crippen molar-refractivity contribution in [2.24, 2.45) is 7.05 Å². The van der Waals surface area contributed by atoms with Gasteiger partial charge in [0.1, 0.15) is 0 Å². The average Bonchev–Trinajstić information content (AvgIpc) is 3.00. The summed E-state index contributed by atoms with van der Waals surface area (Å²) in [6, 6.07) is 20.0. The Morgan fingerprint density at radius 2 is 1.76 bits per heavy atom. The largest absolute Gasteiger partial charge is 0.355 e. The Labute approximate surface area is 194 Å². The highest BCUT2D eigenvalue weighted by Gasteiger charge is 2.13. The molecular formula is C27H29N5O. The highest BCUT2D eigenvalue weighted by Crippen LogP contribution is 2.24. The summed E-state index contributed by atoms with van der Waals surface area (Å²) in [5.74, 6) is 0.909. The van der Waals surface area contributed by atoms with Crippen molar-refractivity contribution in [1.29, 1.82) is 0 Å². The molecular weight excluding hydrogens is 410 g/mol. The Kier molecular flexibility index (Phi) is 6.07. The van der Waals surface area contributed by atoms with Gasteiger partial charge in [-0.15, -0.1) is 10.2 Å². The summed E-state index contributed by atoms with van der Waals surface area (Å²) in [7, 11) is 2.01. The van der Waals surface area contributed by atoms with Crippen molar-refractivity contribution >= 4 is 28.3 Å². The van der Waals surface area contributed by atoms with E-state index in [-0.39, 0.29) is 5.91 Å². The number of para-hydroxylation sites is 1. The summed E-state index contributed by atoms with van der Waals surface area (Å²) in [5.41, 5.74) is 4.66. The van der Waals surface area contributed by atoms with Gasteiger partial charge in [0.2, 0.25) is 5.91 Å². The lowest BCUT2D eigenvalue weighted by Gasteiger charge is -2.20. The minimum absolute atomic E-state index is 0.0360. The zero-order chi connectivity index (χ0) is 22.6. The van der Waals surface area contributed by atoms with E-state index in [1.807, 2.05) is 55.7 Å². The molecule has 0 unspecified atom stereocenters. The fourth-order valence-corrected chi connectivity index (χ4v) is 4.65. The van der Waals surface area contributed by atoms with Gasteiger partial charge in [0.25, 0.3) is 0 Å². The first-order chi connectivity index (χ1) is 16.2. The lowest BCUT2D eigenvalue weighted by atomic mass is 10.1. The van der Waals surface area contributed by atoms with Crippen molar-refractivity contribution in [3.63, 3.8) is 0 Å². The molecule has 3 heterocycles. The van der Waals surface area contributed by atoms with E-state index in [0.717, 1.165) is 52.3 Å². The van der Waals surface area contributed by atoms with Gasteiger partial charge >= 0.3 is 0 Å². The fourth-order valence-electron chi connectivity index (χ4n) is 4.65. The van der Waals surface area contributed by atoms with Gasteiger partial charge in [-0.1, -0.05) is 43.2 Å². The van der Waals surface area contributed by atoms with Crippen molar-refractivity contribution in [2.75, 3.05) is 23.3 Å². The first-order valence-electron chi connectivity index (χ1n) is 11.7. The number of hydrogen-bond donors (Lipinski definition) is 1. The molecule has 2 aromatic carbocycles. The third-order valence-electron chi connectivity index (χ3n) is 6.35. The molecule has 1 aliphatic rings. The predicted octanol–water partition coefficient (Wildman–Crippen LogP) is 5.20. The van der Waals surface area contributed by atoms with E-state index in [4.69, 9.17) is 0 Å². The standard InChI is InChI=1S/C27H29N5O/c1-31-19-21(23-11-4-5-12-25(23)31)18-27(33)28-22-10-8-9-20(17-22)24-13-14-26(30-29-24)32-15-6-2-3-7-16-32/h4-5,8-14,17,19H,2-3,6-7,15-16,18H2,1H3,(H,28,33). The predicted molar refractivity (Wildman–Crippen MR) is 133 cm³/mol. The van der Waals surface area contributed by atoms with E-state index in [2.05, 4.69) is 43.2 Å². The maximum atomic E-state index is 12.8. The van der Waals surface area contributed by atoms with Crippen LogP contribution in [0.15, 0.2) is 66.9 Å². The second-order valence-electron chi connectivity index (χ2n) is 8.77. The number of aromatic nitrogens is 3. The van der Waals surface area contributed by atoms with Gasteiger partial charge in [0.05, 0.1) is 12.1 Å². The molecule has 1 saturated heterocycles. The molecule has 6 heteroatoms. The minimum atomic E-state index is -0.0360. The Hall–Kier alpha value is -3.67. The lowest BCUT2D eigenvalue weighted by molar-refractivity contribution is -0.115. The number of benzene rings is 2. The molecule has 4 aromatic rings. The van der Waals surface area contributed by atoms with E-state index >= 15 is 0 Å². The van der Waals surface area contributed by atoms with Crippen molar-refractivity contribution in [2.45, 2.75) is 32.1 Å². The number of amides is 1. The molecule has 33 heavy (non-hydrogen) atoms. The molecule has 0 bridgehead atoms. The molecule has 1 amide bonds. The van der Waals surface area contributed by atoms with Crippen LogP contribution in [0.4, 0.5) is 11.5 Å². The van der Waals surface area contributed by atoms with E-state index in [9.17, 15) is 4.79 Å². The van der Waals surface area contributed by atoms with Crippen molar-refractivity contribution in [3.05, 3.63) is 72.4 Å². The Balaban J connectivity index is 1.28. The fraction of sp³-hybridized carbons (Fsp3) is 0.296. The molecule has 0 spiro atoms. The van der Waals surface area contributed by atoms with Gasteiger partial charge in [-0.05, 0) is 48.7 Å². The molecule has 1 aliphatic heterocycles. The second kappa shape index (κ2) is 9.45. The third kappa shape index (κ3) is 4.75. The van der Waals surface area contributed by atoms with Gasteiger partial charge in [0, 0.05) is 48.5 Å². The maximum Gasteiger partial charge on any atom is 0.228 e. The number of fused-ring (bicyclic) bond motifs is 1. The quantitative estimate of drug-likeness (QED) is 0.464. The van der Waals surface area contributed by atoms with Gasteiger partial charge in [-0.25, -0.2) is 0 Å². The number of nitrogens with one attached hydrogen (secondary N) is 1. The minimum Gasteiger partial charge on any atom is -0.355 e. The van der Waals surface area contributed by atoms with Crippen molar-refractivity contribution < 1.29 is 4.79 Å². The molecule has 0 saturated carbocycles. The third-order valence-corrected chi connectivity index (χ3v) is 6.35. The summed E-state index contributed by atoms with van der Waals surface area (Å²) in [4.78, 5) is 15.1. The van der Waals surface area contributed by atoms with Crippen LogP contribution < -0.4 is 10.2 Å². The van der Waals surface area contributed by atoms with Gasteiger partial charge in [-0.3, -0.25) is 4.79 Å². The van der Waals surface area contributed by atoms with E-state index in [1.165, 1.54) is 25.7 Å². The van der Waals surface area contributed by atoms with Gasteiger partial charge < -0.3 is 14.8 Å². The molecule has 6 nitrogen and oxygen atoms in total. The zero-order valence-electron chi connectivity index (χ0n) is 19.0. The van der Waals surface area contributed by atoms with Crippen molar-refractivity contribution in [1.82, 2.24) is 14.8 Å². The number of anilines is 2. The monoisotopic (exact) mass is 439 g/mol. The van der Waals surface area contributed by atoms with Crippen LogP contribution in [0, 0.1) is 0 Å². The topological polar surface area (TPSA) is 63.1 Å². The number of nitrogens with zero attached hydrogens (tertiary/aromatic N) is 4. The summed E-state index contributed by atoms with van der Waals surface area (Å²) in [5, 5.41) is 13.1. The van der Waals surface area contributed by atoms with Crippen LogP contribution in [-0.4, -0.2) is 33.8 Å². The molecule has 168 valence electrons. The summed E-state index contributed by atoms with van der Waals surface area (Å²) >= 11 is 0. The normalized spacial score (nSPS) is 14.3. The lowest BCUT2D eigenvalue weighted by Crippen LogP contribution is -2.25. The highest BCUT2D eigenvalue weighted by atomic mass is 16.1. The smallest absolute Gasteiger partial charge is 0.228 e. The molecule has 0 radical (unpaired) electrons. The number of aryl methyl sites for hydroxylation is 1. The van der Waals surface area contributed by atoms with Crippen LogP contribution in [0.5, 0.6) is 0 Å². The zero-order valence-corrected chi connectivity index (χ0v) is 19.0. The number of hydrogen-bond acceptors (Lipinski definition) is 4. The molecule has 1 N–H and O–H groups in total. The van der Waals surface area contributed by atoms with Gasteiger partial charge in [-0.2, -0.15) is 0 Å². The average molecular weight is 440 g/mol. The van der Waals surface area contributed by atoms with Crippen LogP contribution in [0.2, 0.25) is 0 Å².